The SMILES string of the molecule is O=C1CNC(=O)N1CC(O)CNC1CC1. The Labute approximate surface area is 87.6 Å². The molecule has 2 rings (SSSR count). The van der Waals surface area contributed by atoms with Gasteiger partial charge in [0.05, 0.1) is 19.2 Å². The van der Waals surface area contributed by atoms with E-state index in [1.54, 1.807) is 0 Å². The molecule has 2 fully saturated rings. The molecule has 0 spiro atoms. The Hall–Kier alpha value is -1.14. The van der Waals surface area contributed by atoms with Crippen LogP contribution in [0.3, 0.4) is 0 Å². The Morgan fingerprint density at radius 1 is 1.53 bits per heavy atom. The van der Waals surface area contributed by atoms with Crippen molar-refractivity contribution in [2.24, 2.45) is 0 Å². The highest BCUT2D eigenvalue weighted by molar-refractivity contribution is 6.01. The first kappa shape index (κ1) is 10.4. The molecular weight excluding hydrogens is 198 g/mol. The van der Waals surface area contributed by atoms with Gasteiger partial charge in [-0.25, -0.2) is 4.79 Å². The number of imide groups is 1. The lowest BCUT2D eigenvalue weighted by Crippen LogP contribution is -2.42. The number of aliphatic hydroxyl groups is 1. The van der Waals surface area contributed by atoms with Crippen LogP contribution in [0.15, 0.2) is 0 Å². The first-order valence-corrected chi connectivity index (χ1v) is 5.16. The second-order valence-electron chi connectivity index (χ2n) is 4.00. The van der Waals surface area contributed by atoms with Gasteiger partial charge in [-0.15, -0.1) is 0 Å². The Balaban J connectivity index is 1.73. The smallest absolute Gasteiger partial charge is 0.324 e. The third-order valence-corrected chi connectivity index (χ3v) is 2.55. The van der Waals surface area contributed by atoms with Crippen molar-refractivity contribution in [1.29, 1.82) is 0 Å². The highest BCUT2D eigenvalue weighted by Gasteiger charge is 2.30. The van der Waals surface area contributed by atoms with Gasteiger partial charge in [0.15, 0.2) is 0 Å². The molecule has 1 heterocycles. The van der Waals surface area contributed by atoms with Crippen molar-refractivity contribution in [3.8, 4) is 0 Å². The summed E-state index contributed by atoms with van der Waals surface area (Å²) in [6.45, 7) is 0.549. The van der Waals surface area contributed by atoms with Gasteiger partial charge in [0.2, 0.25) is 5.91 Å². The zero-order chi connectivity index (χ0) is 10.8. The van der Waals surface area contributed by atoms with E-state index in [9.17, 15) is 14.7 Å². The van der Waals surface area contributed by atoms with Gasteiger partial charge in [-0.3, -0.25) is 9.69 Å². The van der Waals surface area contributed by atoms with E-state index in [1.165, 1.54) is 0 Å². The zero-order valence-corrected chi connectivity index (χ0v) is 8.40. The average molecular weight is 213 g/mol. The minimum atomic E-state index is -0.682. The number of rotatable bonds is 5. The van der Waals surface area contributed by atoms with Gasteiger partial charge < -0.3 is 15.7 Å². The number of nitrogens with one attached hydrogen (secondary N) is 2. The number of β-amino-alcohol motifs (C(OH)–C–C–N with tert-alkyl or cyclic N) is 1. The van der Waals surface area contributed by atoms with Crippen LogP contribution in [0.1, 0.15) is 12.8 Å². The van der Waals surface area contributed by atoms with Crippen LogP contribution in [-0.2, 0) is 4.79 Å². The molecule has 84 valence electrons. The summed E-state index contributed by atoms with van der Waals surface area (Å²) in [5.74, 6) is -0.273. The lowest BCUT2D eigenvalue weighted by atomic mass is 10.3. The molecule has 3 N–H and O–H groups in total. The second-order valence-corrected chi connectivity index (χ2v) is 4.00. The molecule has 1 atom stereocenters. The summed E-state index contributed by atoms with van der Waals surface area (Å²) in [6, 6.07) is 0.105. The van der Waals surface area contributed by atoms with Crippen molar-refractivity contribution in [3.05, 3.63) is 0 Å². The molecule has 1 aliphatic carbocycles. The summed E-state index contributed by atoms with van der Waals surface area (Å²) in [4.78, 5) is 23.4. The number of nitrogens with zero attached hydrogens (tertiary/aromatic N) is 1. The molecule has 0 aromatic carbocycles. The topological polar surface area (TPSA) is 81.7 Å². The van der Waals surface area contributed by atoms with E-state index in [1.807, 2.05) is 0 Å². The molecule has 0 aromatic heterocycles. The van der Waals surface area contributed by atoms with Crippen LogP contribution in [-0.4, -0.2) is 53.7 Å². The number of aliphatic hydroxyl groups excluding tert-OH is 1. The van der Waals surface area contributed by atoms with E-state index in [0.717, 1.165) is 17.7 Å². The van der Waals surface area contributed by atoms with Gasteiger partial charge in [0, 0.05) is 12.6 Å². The van der Waals surface area contributed by atoms with Crippen molar-refractivity contribution in [1.82, 2.24) is 15.5 Å². The molecule has 0 bridgehead atoms. The number of amides is 3. The first-order valence-electron chi connectivity index (χ1n) is 5.16. The monoisotopic (exact) mass is 213 g/mol. The fourth-order valence-electron chi connectivity index (χ4n) is 1.51. The van der Waals surface area contributed by atoms with Crippen LogP contribution in [0.25, 0.3) is 0 Å². The molecule has 1 saturated carbocycles. The number of carbonyl (C=O) groups is 2. The average Bonchev–Trinajstić information content (AvgIpc) is 2.98. The maximum absolute atomic E-state index is 11.2. The summed E-state index contributed by atoms with van der Waals surface area (Å²) in [7, 11) is 0. The molecule has 0 radical (unpaired) electrons. The summed E-state index contributed by atoms with van der Waals surface area (Å²) < 4.78 is 0. The standard InChI is InChI=1S/C9H15N3O3/c13-7(3-10-6-1-2-6)5-12-8(14)4-11-9(12)15/h6-7,10,13H,1-5H2,(H,11,15). The maximum atomic E-state index is 11.2. The molecule has 3 amide bonds. The number of hydrogen-bond acceptors (Lipinski definition) is 4. The highest BCUT2D eigenvalue weighted by atomic mass is 16.3. The second kappa shape index (κ2) is 4.16. The van der Waals surface area contributed by atoms with Crippen LogP contribution < -0.4 is 10.6 Å². The molecular formula is C9H15N3O3. The predicted octanol–water partition coefficient (Wildman–Crippen LogP) is -1.35. The predicted molar refractivity (Wildman–Crippen MR) is 52.1 cm³/mol. The lowest BCUT2D eigenvalue weighted by molar-refractivity contribution is -0.125. The van der Waals surface area contributed by atoms with Gasteiger partial charge in [-0.1, -0.05) is 0 Å². The summed E-state index contributed by atoms with van der Waals surface area (Å²) in [5, 5.41) is 15.1. The third kappa shape index (κ3) is 2.66. The summed E-state index contributed by atoms with van der Waals surface area (Å²) in [6.07, 6.45) is 1.62. The number of hydrogen-bond donors (Lipinski definition) is 3. The van der Waals surface area contributed by atoms with Crippen LogP contribution in [0.5, 0.6) is 0 Å². The van der Waals surface area contributed by atoms with Crippen LogP contribution in [0.2, 0.25) is 0 Å². The van der Waals surface area contributed by atoms with Gasteiger partial charge in [-0.2, -0.15) is 0 Å². The highest BCUT2D eigenvalue weighted by Crippen LogP contribution is 2.18. The zero-order valence-electron chi connectivity index (χ0n) is 8.40. The Morgan fingerprint density at radius 3 is 2.80 bits per heavy atom. The normalized spacial score (nSPS) is 23.1. The van der Waals surface area contributed by atoms with E-state index >= 15 is 0 Å². The molecule has 0 aromatic rings. The van der Waals surface area contributed by atoms with Crippen LogP contribution >= 0.6 is 0 Å². The Kier molecular flexibility index (Phi) is 2.88. The molecule has 1 saturated heterocycles. The largest absolute Gasteiger partial charge is 0.390 e. The van der Waals surface area contributed by atoms with Crippen molar-refractivity contribution >= 4 is 11.9 Å². The Bertz CT molecular complexity index is 262. The van der Waals surface area contributed by atoms with Crippen molar-refractivity contribution in [3.63, 3.8) is 0 Å². The van der Waals surface area contributed by atoms with Gasteiger partial charge in [0.1, 0.15) is 0 Å². The number of carbonyl (C=O) groups excluding carboxylic acids is 2. The fourth-order valence-corrected chi connectivity index (χ4v) is 1.51. The van der Waals surface area contributed by atoms with Gasteiger partial charge in [-0.05, 0) is 12.8 Å². The van der Waals surface area contributed by atoms with Crippen molar-refractivity contribution < 1.29 is 14.7 Å². The van der Waals surface area contributed by atoms with E-state index in [2.05, 4.69) is 10.6 Å². The quantitative estimate of drug-likeness (QED) is 0.493. The molecule has 15 heavy (non-hydrogen) atoms. The molecule has 2 aliphatic rings. The molecule has 6 heteroatoms. The molecule has 1 unspecified atom stereocenters. The lowest BCUT2D eigenvalue weighted by Gasteiger charge is -2.17. The van der Waals surface area contributed by atoms with E-state index in [0.29, 0.717) is 12.6 Å². The maximum Gasteiger partial charge on any atom is 0.324 e. The van der Waals surface area contributed by atoms with Crippen LogP contribution in [0, 0.1) is 0 Å². The van der Waals surface area contributed by atoms with E-state index in [-0.39, 0.29) is 19.0 Å². The molecule has 1 aliphatic heterocycles. The minimum absolute atomic E-state index is 0.0433. The van der Waals surface area contributed by atoms with Crippen LogP contribution in [0.4, 0.5) is 4.79 Å². The Morgan fingerprint density at radius 2 is 2.27 bits per heavy atom. The fraction of sp³-hybridized carbons (Fsp3) is 0.778. The van der Waals surface area contributed by atoms with E-state index < -0.39 is 12.1 Å². The van der Waals surface area contributed by atoms with Crippen molar-refractivity contribution in [2.75, 3.05) is 19.6 Å². The first-order chi connectivity index (χ1) is 7.16. The summed E-state index contributed by atoms with van der Waals surface area (Å²) in [5.41, 5.74) is 0. The third-order valence-electron chi connectivity index (χ3n) is 2.55. The minimum Gasteiger partial charge on any atom is -0.390 e. The summed E-state index contributed by atoms with van der Waals surface area (Å²) >= 11 is 0. The number of urea groups is 1. The van der Waals surface area contributed by atoms with Gasteiger partial charge in [0.25, 0.3) is 0 Å². The van der Waals surface area contributed by atoms with E-state index in [4.69, 9.17) is 0 Å². The van der Waals surface area contributed by atoms with Crippen molar-refractivity contribution in [2.45, 2.75) is 25.0 Å². The molecule has 6 nitrogen and oxygen atoms in total. The van der Waals surface area contributed by atoms with Gasteiger partial charge >= 0.3 is 6.03 Å².